The predicted molar refractivity (Wildman–Crippen MR) is 94.5 cm³/mol. The number of aryl methyl sites for hydroxylation is 1. The number of nitrogens with zero attached hydrogens (tertiary/aromatic N) is 2. The smallest absolute Gasteiger partial charge is 0.229 e. The molecule has 7 heteroatoms. The van der Waals surface area contributed by atoms with E-state index in [-0.39, 0.29) is 18.1 Å². The fraction of sp³-hybridized carbons (Fsp3) is 0.526. The highest BCUT2D eigenvalue weighted by atomic mass is 19.1. The first-order valence-corrected chi connectivity index (χ1v) is 8.73. The average molecular weight is 364 g/mol. The van der Waals surface area contributed by atoms with Gasteiger partial charge in [0.1, 0.15) is 17.3 Å². The number of aliphatic hydroxyl groups excluding tert-OH is 1. The number of aliphatic hydroxyl groups is 1. The molecule has 1 aliphatic rings. The Bertz CT molecular complexity index is 762. The van der Waals surface area contributed by atoms with Crippen molar-refractivity contribution in [1.29, 1.82) is 0 Å². The van der Waals surface area contributed by atoms with E-state index in [4.69, 9.17) is 13.9 Å². The normalized spacial score (nSPS) is 20.9. The van der Waals surface area contributed by atoms with Gasteiger partial charge >= 0.3 is 0 Å². The third kappa shape index (κ3) is 4.06. The molecule has 1 saturated heterocycles. The molecule has 0 spiro atoms. The fourth-order valence-electron chi connectivity index (χ4n) is 3.14. The van der Waals surface area contributed by atoms with Crippen LogP contribution in [0.15, 0.2) is 22.6 Å². The minimum Gasteiger partial charge on any atom is -0.497 e. The Labute approximate surface area is 152 Å². The lowest BCUT2D eigenvalue weighted by molar-refractivity contribution is -0.0396. The molecule has 1 fully saturated rings. The van der Waals surface area contributed by atoms with Gasteiger partial charge in [-0.3, -0.25) is 4.90 Å². The molecule has 1 aliphatic heterocycles. The zero-order valence-corrected chi connectivity index (χ0v) is 15.5. The number of hydrogen-bond acceptors (Lipinski definition) is 6. The van der Waals surface area contributed by atoms with E-state index < -0.39 is 11.9 Å². The van der Waals surface area contributed by atoms with Crippen LogP contribution in [0.3, 0.4) is 0 Å². The van der Waals surface area contributed by atoms with Crippen molar-refractivity contribution in [3.8, 4) is 17.2 Å². The van der Waals surface area contributed by atoms with Crippen molar-refractivity contribution in [3.05, 3.63) is 35.5 Å². The number of methoxy groups -OCH3 is 1. The molecule has 2 atom stereocenters. The Morgan fingerprint density at radius 1 is 1.38 bits per heavy atom. The van der Waals surface area contributed by atoms with Crippen LogP contribution < -0.4 is 4.74 Å². The lowest BCUT2D eigenvalue weighted by Gasteiger charge is -2.17. The number of halogens is 1. The number of oxazole rings is 1. The van der Waals surface area contributed by atoms with Crippen LogP contribution in [0.25, 0.3) is 11.5 Å². The van der Waals surface area contributed by atoms with Gasteiger partial charge in [-0.1, -0.05) is 0 Å². The second kappa shape index (κ2) is 7.73. The van der Waals surface area contributed by atoms with E-state index in [0.717, 1.165) is 5.69 Å². The van der Waals surface area contributed by atoms with Gasteiger partial charge in [-0.05, 0) is 32.9 Å². The molecule has 1 aromatic carbocycles. The van der Waals surface area contributed by atoms with Crippen molar-refractivity contribution in [1.82, 2.24) is 9.88 Å². The van der Waals surface area contributed by atoms with Crippen LogP contribution in [0, 0.1) is 12.7 Å². The van der Waals surface area contributed by atoms with E-state index in [1.165, 1.54) is 13.2 Å². The summed E-state index contributed by atoms with van der Waals surface area (Å²) in [4.78, 5) is 6.53. The summed E-state index contributed by atoms with van der Waals surface area (Å²) in [5.41, 5.74) is 1.02. The molecule has 1 N–H and O–H groups in total. The van der Waals surface area contributed by atoms with Crippen molar-refractivity contribution >= 4 is 0 Å². The van der Waals surface area contributed by atoms with Crippen molar-refractivity contribution in [2.75, 3.05) is 20.2 Å². The quantitative estimate of drug-likeness (QED) is 0.850. The van der Waals surface area contributed by atoms with Crippen molar-refractivity contribution in [3.63, 3.8) is 0 Å². The van der Waals surface area contributed by atoms with Crippen LogP contribution in [0.4, 0.5) is 4.39 Å². The Morgan fingerprint density at radius 3 is 2.81 bits per heavy atom. The number of rotatable bonds is 6. The van der Waals surface area contributed by atoms with Gasteiger partial charge in [-0.15, -0.1) is 0 Å². The van der Waals surface area contributed by atoms with Crippen LogP contribution in [-0.4, -0.2) is 53.5 Å². The summed E-state index contributed by atoms with van der Waals surface area (Å²) in [7, 11) is 1.49. The van der Waals surface area contributed by atoms with Crippen LogP contribution in [0.1, 0.15) is 25.3 Å². The monoisotopic (exact) mass is 364 g/mol. The lowest BCUT2D eigenvalue weighted by Crippen LogP contribution is -2.29. The summed E-state index contributed by atoms with van der Waals surface area (Å²) in [5, 5.41) is 10.2. The number of β-amino-alcohol motifs (C(OH)–C–C–N with tert-alkyl or cyclic N) is 1. The zero-order valence-electron chi connectivity index (χ0n) is 15.5. The van der Waals surface area contributed by atoms with Crippen molar-refractivity contribution in [2.45, 2.75) is 45.6 Å². The van der Waals surface area contributed by atoms with Gasteiger partial charge in [0.15, 0.2) is 0 Å². The summed E-state index contributed by atoms with van der Waals surface area (Å²) >= 11 is 0. The van der Waals surface area contributed by atoms with Crippen LogP contribution in [0.2, 0.25) is 0 Å². The van der Waals surface area contributed by atoms with E-state index in [2.05, 4.69) is 9.88 Å². The van der Waals surface area contributed by atoms with Gasteiger partial charge in [0.05, 0.1) is 36.7 Å². The summed E-state index contributed by atoms with van der Waals surface area (Å²) in [6.07, 6.45) is -0.670. The molecule has 2 aromatic rings. The molecule has 142 valence electrons. The van der Waals surface area contributed by atoms with E-state index in [0.29, 0.717) is 36.7 Å². The van der Waals surface area contributed by atoms with Gasteiger partial charge in [0.2, 0.25) is 5.89 Å². The molecular formula is C19H25FN2O4. The Kier molecular flexibility index (Phi) is 5.60. The van der Waals surface area contributed by atoms with Crippen LogP contribution in [0.5, 0.6) is 5.75 Å². The van der Waals surface area contributed by atoms with Gasteiger partial charge in [0.25, 0.3) is 0 Å². The second-order valence-corrected chi connectivity index (χ2v) is 6.85. The SMILES string of the molecule is COc1ccc(-c2nc(CN3C[C@H](OC(C)C)[C@@H](O)C3)c(C)o2)c(F)c1. The number of ether oxygens (including phenoxy) is 2. The van der Waals surface area contributed by atoms with E-state index in [1.807, 2.05) is 20.8 Å². The molecule has 6 nitrogen and oxygen atoms in total. The molecule has 0 radical (unpaired) electrons. The fourth-order valence-corrected chi connectivity index (χ4v) is 3.14. The predicted octanol–water partition coefficient (Wildman–Crippen LogP) is 2.77. The minimum absolute atomic E-state index is 0.0630. The standard InChI is InChI=1S/C19H25FN2O4/c1-11(2)25-18-10-22(9-17(18)23)8-16-12(3)26-19(21-16)14-6-5-13(24-4)7-15(14)20/h5-7,11,17-18,23H,8-10H2,1-4H3/t17-,18-/m0/s1. The molecule has 1 aromatic heterocycles. The Balaban J connectivity index is 1.73. The molecule has 2 heterocycles. The third-order valence-electron chi connectivity index (χ3n) is 4.43. The highest BCUT2D eigenvalue weighted by Gasteiger charge is 2.33. The van der Waals surface area contributed by atoms with Crippen molar-refractivity contribution in [2.24, 2.45) is 0 Å². The molecule has 26 heavy (non-hydrogen) atoms. The van der Waals surface area contributed by atoms with E-state index in [1.54, 1.807) is 12.1 Å². The van der Waals surface area contributed by atoms with Gasteiger partial charge in [0, 0.05) is 25.7 Å². The largest absolute Gasteiger partial charge is 0.497 e. The summed E-state index contributed by atoms with van der Waals surface area (Å²) in [6, 6.07) is 4.57. The van der Waals surface area contributed by atoms with Gasteiger partial charge in [-0.2, -0.15) is 0 Å². The molecule has 0 unspecified atom stereocenters. The molecule has 3 rings (SSSR count). The number of hydrogen-bond donors (Lipinski definition) is 1. The summed E-state index contributed by atoms with van der Waals surface area (Å²) < 4.78 is 30.7. The van der Waals surface area contributed by atoms with E-state index >= 15 is 0 Å². The average Bonchev–Trinajstić information content (AvgIpc) is 3.10. The Morgan fingerprint density at radius 2 is 2.15 bits per heavy atom. The minimum atomic E-state index is -0.525. The van der Waals surface area contributed by atoms with Gasteiger partial charge in [-0.25, -0.2) is 9.37 Å². The van der Waals surface area contributed by atoms with E-state index in [9.17, 15) is 9.50 Å². The first-order valence-electron chi connectivity index (χ1n) is 8.73. The summed E-state index contributed by atoms with van der Waals surface area (Å²) in [6.45, 7) is 7.36. The number of likely N-dealkylation sites (tertiary alicyclic amines) is 1. The molecule has 0 aliphatic carbocycles. The Hall–Kier alpha value is -1.96. The maximum Gasteiger partial charge on any atom is 0.229 e. The molecule has 0 amide bonds. The molecule has 0 bridgehead atoms. The molecule has 0 saturated carbocycles. The highest BCUT2D eigenvalue weighted by molar-refractivity contribution is 5.56. The molecular weight excluding hydrogens is 339 g/mol. The lowest BCUT2D eigenvalue weighted by atomic mass is 10.2. The maximum absolute atomic E-state index is 14.3. The number of benzene rings is 1. The third-order valence-corrected chi connectivity index (χ3v) is 4.43. The van der Waals surface area contributed by atoms with Gasteiger partial charge < -0.3 is 19.0 Å². The zero-order chi connectivity index (χ0) is 18.8. The first-order chi connectivity index (χ1) is 12.4. The number of aromatic nitrogens is 1. The first kappa shape index (κ1) is 18.8. The van der Waals surface area contributed by atoms with Crippen LogP contribution in [-0.2, 0) is 11.3 Å². The highest BCUT2D eigenvalue weighted by Crippen LogP contribution is 2.28. The second-order valence-electron chi connectivity index (χ2n) is 6.85. The van der Waals surface area contributed by atoms with Crippen molar-refractivity contribution < 1.29 is 23.4 Å². The maximum atomic E-state index is 14.3. The van der Waals surface area contributed by atoms with Crippen LogP contribution >= 0.6 is 0 Å². The topological polar surface area (TPSA) is 68.0 Å². The summed E-state index contributed by atoms with van der Waals surface area (Å²) in [5.74, 6) is 0.876.